The number of hydrogen-bond acceptors (Lipinski definition) is 7. The first-order chi connectivity index (χ1) is 27.1. The molecule has 3 fully saturated rings. The number of aromatic nitrogens is 1. The number of allylic oxidation sites excluding steroid dienone is 3. The molecule has 8 rings (SSSR count). The highest BCUT2D eigenvalue weighted by Crippen LogP contribution is 2.65. The number of alkyl halides is 3. The van der Waals surface area contributed by atoms with Gasteiger partial charge in [-0.3, -0.25) is 24.6 Å². The van der Waals surface area contributed by atoms with Gasteiger partial charge in [0.2, 0.25) is 11.8 Å². The summed E-state index contributed by atoms with van der Waals surface area (Å²) < 4.78 is 40.6. The van der Waals surface area contributed by atoms with Crippen LogP contribution in [0.25, 0.3) is 0 Å². The number of halogens is 6. The minimum absolute atomic E-state index is 0.0856. The molecule has 0 radical (unpaired) electrons. The molecule has 1 saturated carbocycles. The summed E-state index contributed by atoms with van der Waals surface area (Å²) >= 11 is 19.1. The summed E-state index contributed by atoms with van der Waals surface area (Å²) in [5, 5.41) is 12.9. The standard InChI is InChI=1S/C42H32Cl3F3N4O5/c1-3-5-21-6-4-7-28(35(21)53)34-26-14-15-27-33(39(56)51(37(27)54)25-13-8-20(2)31(44)17-25)29(26)18-30-38(55)52(40(57)41(30,34)22-9-11-24(43)12-10-22)50-36-32(45)16-23(19-49-36)42(46,47)48/h3-4,6-14,16-17,19,27,29-30,33-34,53H,1,5,15,18H2,2H3,(H,49,50)/t27-,29+,30-,33-,34+,41+/m0/s1. The minimum Gasteiger partial charge on any atom is -0.507 e. The van der Waals surface area contributed by atoms with E-state index in [1.807, 2.05) is 6.08 Å². The first kappa shape index (κ1) is 38.7. The van der Waals surface area contributed by atoms with Crippen LogP contribution in [-0.4, -0.2) is 38.7 Å². The van der Waals surface area contributed by atoms with Crippen molar-refractivity contribution in [3.05, 3.63) is 140 Å². The molecule has 2 aliphatic heterocycles. The number of carbonyl (C=O) groups excluding carboxylic acids is 4. The molecular weight excluding hydrogens is 804 g/mol. The molecule has 4 amide bonds. The lowest BCUT2D eigenvalue weighted by Crippen LogP contribution is -2.53. The van der Waals surface area contributed by atoms with E-state index in [9.17, 15) is 32.7 Å². The number of carbonyl (C=O) groups is 4. The number of benzene rings is 3. The Hall–Kier alpha value is -5.17. The monoisotopic (exact) mass is 834 g/mol. The highest BCUT2D eigenvalue weighted by atomic mass is 35.5. The van der Waals surface area contributed by atoms with Gasteiger partial charge in [0.25, 0.3) is 11.8 Å². The fourth-order valence-corrected chi connectivity index (χ4v) is 9.78. The summed E-state index contributed by atoms with van der Waals surface area (Å²) in [7, 11) is 0. The van der Waals surface area contributed by atoms with Crippen LogP contribution in [0.3, 0.4) is 0 Å². The van der Waals surface area contributed by atoms with Gasteiger partial charge in [-0.2, -0.15) is 18.2 Å². The molecule has 3 aromatic carbocycles. The predicted molar refractivity (Wildman–Crippen MR) is 208 cm³/mol. The number of rotatable bonds is 7. The maximum absolute atomic E-state index is 15.4. The fraction of sp³-hybridized carbons (Fsp3) is 0.262. The summed E-state index contributed by atoms with van der Waals surface area (Å²) in [5.41, 5.74) is 2.42. The lowest BCUT2D eigenvalue weighted by Gasteiger charge is -2.50. The van der Waals surface area contributed by atoms with Crippen LogP contribution in [-0.2, 0) is 37.2 Å². The summed E-state index contributed by atoms with van der Waals surface area (Å²) in [5.74, 6) is -7.89. The van der Waals surface area contributed by atoms with Crippen molar-refractivity contribution in [1.29, 1.82) is 0 Å². The number of phenolic OH excluding ortho intramolecular Hbond substituents is 1. The molecule has 2 N–H and O–H groups in total. The number of aromatic hydroxyl groups is 1. The molecular formula is C42H32Cl3F3N4O5. The summed E-state index contributed by atoms with van der Waals surface area (Å²) in [4.78, 5) is 64.0. The Balaban J connectivity index is 1.33. The molecule has 2 saturated heterocycles. The quantitative estimate of drug-likeness (QED) is 0.141. The van der Waals surface area contributed by atoms with E-state index >= 15 is 4.79 Å². The van der Waals surface area contributed by atoms with Crippen LogP contribution in [0.5, 0.6) is 5.75 Å². The highest BCUT2D eigenvalue weighted by Gasteiger charge is 2.70. The van der Waals surface area contributed by atoms with Crippen molar-refractivity contribution in [1.82, 2.24) is 9.99 Å². The van der Waals surface area contributed by atoms with Gasteiger partial charge in [-0.15, -0.1) is 6.58 Å². The molecule has 4 aliphatic rings. The van der Waals surface area contributed by atoms with E-state index in [1.165, 1.54) is 0 Å². The Bertz CT molecular complexity index is 2440. The van der Waals surface area contributed by atoms with Crippen molar-refractivity contribution in [2.75, 3.05) is 10.3 Å². The molecule has 0 bridgehead atoms. The van der Waals surface area contributed by atoms with Gasteiger partial charge in [-0.1, -0.05) is 88.9 Å². The van der Waals surface area contributed by atoms with Gasteiger partial charge in [0, 0.05) is 27.7 Å². The van der Waals surface area contributed by atoms with Crippen molar-refractivity contribution in [3.8, 4) is 5.75 Å². The average molecular weight is 836 g/mol. The maximum Gasteiger partial charge on any atom is 0.417 e. The number of amides is 4. The normalized spacial score (nSPS) is 25.6. The Kier molecular flexibility index (Phi) is 9.53. The van der Waals surface area contributed by atoms with Gasteiger partial charge >= 0.3 is 6.18 Å². The Morgan fingerprint density at radius 3 is 2.37 bits per heavy atom. The number of nitrogens with one attached hydrogen (secondary N) is 1. The van der Waals surface area contributed by atoms with Gasteiger partial charge in [-0.25, -0.2) is 9.88 Å². The molecule has 4 aromatic rings. The molecule has 6 atom stereocenters. The van der Waals surface area contributed by atoms with E-state index in [0.717, 1.165) is 10.5 Å². The summed E-state index contributed by atoms with van der Waals surface area (Å²) in [6, 6.07) is 17.0. The van der Waals surface area contributed by atoms with Crippen LogP contribution in [0.4, 0.5) is 24.7 Å². The van der Waals surface area contributed by atoms with E-state index in [2.05, 4.69) is 17.0 Å². The largest absolute Gasteiger partial charge is 0.507 e. The molecule has 1 aromatic heterocycles. The third kappa shape index (κ3) is 5.94. The lowest BCUT2D eigenvalue weighted by molar-refractivity contribution is -0.139. The second-order valence-corrected chi connectivity index (χ2v) is 16.0. The maximum atomic E-state index is 15.4. The molecule has 0 spiro atoms. The highest BCUT2D eigenvalue weighted by molar-refractivity contribution is 6.33. The van der Waals surface area contributed by atoms with E-state index in [4.69, 9.17) is 34.8 Å². The fourth-order valence-electron chi connectivity index (χ4n) is 9.27. The van der Waals surface area contributed by atoms with Crippen molar-refractivity contribution in [2.45, 2.75) is 43.7 Å². The molecule has 292 valence electrons. The summed E-state index contributed by atoms with van der Waals surface area (Å²) in [6.07, 6.45) is -0.493. The number of phenols is 1. The topological polar surface area (TPSA) is 120 Å². The van der Waals surface area contributed by atoms with E-state index in [-0.39, 0.29) is 36.4 Å². The second-order valence-electron chi connectivity index (χ2n) is 14.7. The third-order valence-electron chi connectivity index (χ3n) is 11.8. The van der Waals surface area contributed by atoms with Crippen molar-refractivity contribution < 1.29 is 37.5 Å². The molecule has 0 unspecified atom stereocenters. The van der Waals surface area contributed by atoms with Crippen LogP contribution in [0.2, 0.25) is 15.1 Å². The zero-order chi connectivity index (χ0) is 40.7. The first-order valence-corrected chi connectivity index (χ1v) is 19.1. The number of aryl methyl sites for hydroxylation is 1. The van der Waals surface area contributed by atoms with Crippen molar-refractivity contribution >= 4 is 69.9 Å². The van der Waals surface area contributed by atoms with Gasteiger partial charge in [0.05, 0.1) is 39.4 Å². The molecule has 57 heavy (non-hydrogen) atoms. The second kappa shape index (κ2) is 14.0. The van der Waals surface area contributed by atoms with Crippen LogP contribution in [0.1, 0.15) is 46.6 Å². The molecule has 2 aliphatic carbocycles. The average Bonchev–Trinajstić information content (AvgIpc) is 3.55. The SMILES string of the molecule is C=CCc1cccc([C@H]2C3=CC[C@@H]4C(=O)N(c5ccc(C)c(Cl)c5)C(=O)[C@@H]4[C@@H]3C[C@H]3C(=O)N(Nc4ncc(C(F)(F)F)cc4Cl)C(=O)[C@@]23c2ccc(Cl)cc2)c1O. The number of hydrazine groups is 1. The minimum atomic E-state index is -4.76. The number of anilines is 2. The van der Waals surface area contributed by atoms with Gasteiger partial charge in [0.15, 0.2) is 5.82 Å². The molecule has 15 heteroatoms. The van der Waals surface area contributed by atoms with Crippen molar-refractivity contribution in [3.63, 3.8) is 0 Å². The Morgan fingerprint density at radius 1 is 0.965 bits per heavy atom. The Morgan fingerprint density at radius 2 is 1.70 bits per heavy atom. The van der Waals surface area contributed by atoms with Gasteiger partial charge in [0.1, 0.15) is 5.75 Å². The number of hydrogen-bond donors (Lipinski definition) is 2. The zero-order valence-corrected chi connectivity index (χ0v) is 32.3. The zero-order valence-electron chi connectivity index (χ0n) is 30.0. The van der Waals surface area contributed by atoms with E-state index < -0.39 is 75.4 Å². The summed E-state index contributed by atoms with van der Waals surface area (Å²) in [6.45, 7) is 5.60. The van der Waals surface area contributed by atoms with Gasteiger partial charge < -0.3 is 5.11 Å². The predicted octanol–water partition coefficient (Wildman–Crippen LogP) is 8.99. The smallest absolute Gasteiger partial charge is 0.417 e. The molecule has 3 heterocycles. The third-order valence-corrected chi connectivity index (χ3v) is 12.7. The van der Waals surface area contributed by atoms with Crippen LogP contribution >= 0.6 is 34.8 Å². The van der Waals surface area contributed by atoms with Crippen LogP contribution in [0, 0.1) is 30.6 Å². The van der Waals surface area contributed by atoms with Crippen molar-refractivity contribution in [2.24, 2.45) is 23.7 Å². The van der Waals surface area contributed by atoms with E-state index in [0.29, 0.717) is 49.7 Å². The number of imide groups is 2. The van der Waals surface area contributed by atoms with Gasteiger partial charge in [-0.05, 0) is 79.1 Å². The molecule has 9 nitrogen and oxygen atoms in total. The lowest BCUT2D eigenvalue weighted by atomic mass is 9.49. The number of fused-ring (bicyclic) bond motifs is 4. The first-order valence-electron chi connectivity index (χ1n) is 18.0. The number of nitrogens with zero attached hydrogens (tertiary/aromatic N) is 3. The number of para-hydroxylation sites is 1. The van der Waals surface area contributed by atoms with Crippen LogP contribution < -0.4 is 10.3 Å². The number of pyridine rings is 1. The van der Waals surface area contributed by atoms with Crippen LogP contribution in [0.15, 0.2) is 97.2 Å². The Labute approximate surface area is 339 Å². The van der Waals surface area contributed by atoms with E-state index in [1.54, 1.807) is 73.7 Å².